The second-order valence-corrected chi connectivity index (χ2v) is 8.87. The lowest BCUT2D eigenvalue weighted by Gasteiger charge is -2.73. The molecule has 122 valence electrons. The van der Waals surface area contributed by atoms with E-state index in [4.69, 9.17) is 0 Å². The Morgan fingerprint density at radius 1 is 1.26 bits per heavy atom. The van der Waals surface area contributed by atoms with Crippen molar-refractivity contribution < 1.29 is 14.7 Å². The van der Waals surface area contributed by atoms with Crippen LogP contribution in [0.2, 0.25) is 0 Å². The molecule has 23 heavy (non-hydrogen) atoms. The monoisotopic (exact) mass is 312 g/mol. The topological polar surface area (TPSA) is 54.4 Å². The van der Waals surface area contributed by atoms with Crippen molar-refractivity contribution in [2.75, 3.05) is 0 Å². The number of carbonyl (C=O) groups is 2. The van der Waals surface area contributed by atoms with Crippen molar-refractivity contribution in [3.63, 3.8) is 0 Å². The van der Waals surface area contributed by atoms with Crippen molar-refractivity contribution in [2.24, 2.45) is 34.0 Å². The molecule has 7 rings (SSSR count). The first kappa shape index (κ1) is 14.2. The molecule has 3 nitrogen and oxygen atoms in total. The van der Waals surface area contributed by atoms with E-state index >= 15 is 0 Å². The molecule has 3 heteroatoms. The Kier molecular flexibility index (Phi) is 2.39. The van der Waals surface area contributed by atoms with Crippen LogP contribution in [0.25, 0.3) is 0 Å². The van der Waals surface area contributed by atoms with Crippen LogP contribution in [0, 0.1) is 34.0 Å². The molecule has 2 spiro atoms. The van der Waals surface area contributed by atoms with Crippen LogP contribution in [0.15, 0.2) is 23.8 Å². The van der Waals surface area contributed by atoms with E-state index in [2.05, 4.69) is 12.7 Å². The van der Waals surface area contributed by atoms with Gasteiger partial charge in [0.25, 0.3) is 0 Å². The fourth-order valence-electron chi connectivity index (χ4n) is 7.37. The lowest BCUT2D eigenvalue weighted by Crippen LogP contribution is -2.73. The maximum Gasteiger partial charge on any atom is 0.147 e. The number of ketones is 1. The molecule has 0 radical (unpaired) electrons. The molecular formula is C20H24O3. The van der Waals surface area contributed by atoms with Gasteiger partial charge >= 0.3 is 0 Å². The lowest BCUT2D eigenvalue weighted by molar-refractivity contribution is -0.204. The third kappa shape index (κ3) is 1.18. The fraction of sp³-hybridized carbons (Fsp3) is 0.700. The van der Waals surface area contributed by atoms with Gasteiger partial charge in [0.1, 0.15) is 12.1 Å². The summed E-state index contributed by atoms with van der Waals surface area (Å²) in [6.45, 7) is 6.15. The van der Waals surface area contributed by atoms with Gasteiger partial charge in [-0.2, -0.15) is 0 Å². The summed E-state index contributed by atoms with van der Waals surface area (Å²) in [4.78, 5) is 25.6. The first-order valence-corrected chi connectivity index (χ1v) is 9.00. The molecule has 6 saturated carbocycles. The Morgan fingerprint density at radius 3 is 2.74 bits per heavy atom. The van der Waals surface area contributed by atoms with E-state index in [1.165, 1.54) is 5.57 Å². The van der Waals surface area contributed by atoms with Gasteiger partial charge in [-0.1, -0.05) is 25.2 Å². The molecule has 5 bridgehead atoms. The third-order valence-electron chi connectivity index (χ3n) is 8.52. The van der Waals surface area contributed by atoms with E-state index in [0.717, 1.165) is 50.4 Å². The highest BCUT2D eigenvalue weighted by Gasteiger charge is 2.76. The fourth-order valence-corrected chi connectivity index (χ4v) is 7.37. The molecule has 6 fully saturated rings. The summed E-state index contributed by atoms with van der Waals surface area (Å²) in [5.41, 5.74) is 0.701. The Balaban J connectivity index is 1.78. The number of hydrogen-bond acceptors (Lipinski definition) is 3. The summed E-state index contributed by atoms with van der Waals surface area (Å²) in [6.07, 6.45) is 7.87. The molecule has 0 aromatic rings. The zero-order valence-corrected chi connectivity index (χ0v) is 13.7. The van der Waals surface area contributed by atoms with Crippen molar-refractivity contribution in [3.05, 3.63) is 23.8 Å². The molecule has 0 aromatic heterocycles. The van der Waals surface area contributed by atoms with E-state index in [0.29, 0.717) is 0 Å². The van der Waals surface area contributed by atoms with Crippen LogP contribution in [0.3, 0.4) is 0 Å². The number of fused-ring (bicyclic) bond motifs is 2. The highest BCUT2D eigenvalue weighted by molar-refractivity contribution is 5.98. The summed E-state index contributed by atoms with van der Waals surface area (Å²) in [6, 6.07) is 0. The molecule has 0 aromatic carbocycles. The van der Waals surface area contributed by atoms with Crippen LogP contribution in [-0.2, 0) is 9.59 Å². The first-order valence-electron chi connectivity index (χ1n) is 9.00. The molecule has 3 unspecified atom stereocenters. The van der Waals surface area contributed by atoms with Gasteiger partial charge in [0, 0.05) is 16.7 Å². The quantitative estimate of drug-likeness (QED) is 0.598. The largest absolute Gasteiger partial charge is 0.388 e. The third-order valence-corrected chi connectivity index (χ3v) is 8.52. The second-order valence-electron chi connectivity index (χ2n) is 8.87. The summed E-state index contributed by atoms with van der Waals surface area (Å²) < 4.78 is 0. The maximum atomic E-state index is 13.6. The van der Waals surface area contributed by atoms with Gasteiger partial charge in [0.15, 0.2) is 0 Å². The zero-order chi connectivity index (χ0) is 16.2. The van der Waals surface area contributed by atoms with Crippen LogP contribution in [0.4, 0.5) is 0 Å². The molecule has 0 heterocycles. The molecule has 7 aliphatic rings. The Labute approximate surface area is 136 Å². The average molecular weight is 312 g/mol. The number of rotatable bonds is 1. The molecule has 0 amide bonds. The number of allylic oxidation sites excluding steroid dienone is 2. The van der Waals surface area contributed by atoms with Gasteiger partial charge in [-0.25, -0.2) is 0 Å². The Bertz CT molecular complexity index is 691. The Morgan fingerprint density at radius 2 is 2.00 bits per heavy atom. The summed E-state index contributed by atoms with van der Waals surface area (Å²) >= 11 is 0. The van der Waals surface area contributed by atoms with Crippen molar-refractivity contribution >= 4 is 12.1 Å². The molecule has 7 atom stereocenters. The standard InChI is InChI=1S/C20H24O3/c1-11-12-8-14-13-4-3-5-18(2,10-21)20(13)7-6-19(14,16(11)22)15(9-12)17(20)23/h4,10,12,14-16,22H,1,3,5-9H2,2H3/t12?,14?,15?,16-,18+,19+,20-/m1/s1. The number of Topliss-reactive ketones (excluding diaryl/α,β-unsaturated/α-hetero) is 1. The smallest absolute Gasteiger partial charge is 0.147 e. The predicted molar refractivity (Wildman–Crippen MR) is 85.4 cm³/mol. The summed E-state index contributed by atoms with van der Waals surface area (Å²) in [5.74, 6) is 0.733. The minimum atomic E-state index is -0.576. The predicted octanol–water partition coefficient (Wildman–Crippen LogP) is 2.83. The number of aldehydes is 1. The maximum absolute atomic E-state index is 13.6. The SMILES string of the molecule is C=C1C2CC3C(=O)[C@@]45CC[C@@]3(C(C2)C4=CCC[C@@]5(C)C=O)[C@@H]1O. The van der Waals surface area contributed by atoms with Crippen LogP contribution in [-0.4, -0.2) is 23.3 Å². The highest BCUT2D eigenvalue weighted by Crippen LogP contribution is 2.77. The summed E-state index contributed by atoms with van der Waals surface area (Å²) in [5, 5.41) is 11.0. The van der Waals surface area contributed by atoms with Crippen LogP contribution in [0.5, 0.6) is 0 Å². The van der Waals surface area contributed by atoms with E-state index in [-0.39, 0.29) is 29.0 Å². The van der Waals surface area contributed by atoms with Crippen molar-refractivity contribution in [1.82, 2.24) is 0 Å². The van der Waals surface area contributed by atoms with E-state index in [9.17, 15) is 14.7 Å². The van der Waals surface area contributed by atoms with Gasteiger partial charge in [-0.05, 0) is 55.9 Å². The van der Waals surface area contributed by atoms with Crippen molar-refractivity contribution in [3.8, 4) is 0 Å². The molecule has 7 aliphatic carbocycles. The van der Waals surface area contributed by atoms with Gasteiger partial charge in [-0.3, -0.25) is 4.79 Å². The molecule has 1 N–H and O–H groups in total. The molecular weight excluding hydrogens is 288 g/mol. The highest BCUT2D eigenvalue weighted by atomic mass is 16.3. The minimum Gasteiger partial charge on any atom is -0.388 e. The van der Waals surface area contributed by atoms with Gasteiger partial charge in [-0.15, -0.1) is 0 Å². The normalized spacial score (nSPS) is 56.3. The van der Waals surface area contributed by atoms with Crippen LogP contribution in [0.1, 0.15) is 45.4 Å². The van der Waals surface area contributed by atoms with E-state index in [1.807, 2.05) is 6.92 Å². The van der Waals surface area contributed by atoms with Gasteiger partial charge < -0.3 is 9.90 Å². The van der Waals surface area contributed by atoms with Gasteiger partial charge in [0.2, 0.25) is 0 Å². The summed E-state index contributed by atoms with van der Waals surface area (Å²) in [7, 11) is 0. The number of aliphatic hydroxyl groups is 1. The average Bonchev–Trinajstić information content (AvgIpc) is 2.56. The van der Waals surface area contributed by atoms with Crippen LogP contribution >= 0.6 is 0 Å². The number of hydrogen-bond donors (Lipinski definition) is 1. The lowest BCUT2D eigenvalue weighted by atomic mass is 9.30. The van der Waals surface area contributed by atoms with Crippen molar-refractivity contribution in [2.45, 2.75) is 51.6 Å². The van der Waals surface area contributed by atoms with Crippen molar-refractivity contribution in [1.29, 1.82) is 0 Å². The van der Waals surface area contributed by atoms with E-state index < -0.39 is 16.9 Å². The number of aliphatic hydroxyl groups excluding tert-OH is 1. The van der Waals surface area contributed by atoms with Gasteiger partial charge in [0.05, 0.1) is 11.5 Å². The number of carbonyl (C=O) groups excluding carboxylic acids is 2. The second kappa shape index (κ2) is 3.88. The Hall–Kier alpha value is -1.22. The minimum absolute atomic E-state index is 0.0741. The first-order chi connectivity index (χ1) is 10.9. The molecule has 0 aliphatic heterocycles. The van der Waals surface area contributed by atoms with E-state index in [1.54, 1.807) is 0 Å². The molecule has 0 saturated heterocycles. The zero-order valence-electron chi connectivity index (χ0n) is 13.7. The van der Waals surface area contributed by atoms with Crippen LogP contribution < -0.4 is 0 Å².